The van der Waals surface area contributed by atoms with Crippen LogP contribution in [0.2, 0.25) is 0 Å². The predicted octanol–water partition coefficient (Wildman–Crippen LogP) is -4.87. The van der Waals surface area contributed by atoms with Crippen LogP contribution in [0.25, 0.3) is 12.2 Å². The number of nitrogens with zero attached hydrogens (tertiary/aromatic N) is 6. The number of hydrogen-bond acceptors (Lipinski definition) is 20. The molecule has 0 saturated carbocycles. The zero-order chi connectivity index (χ0) is 36.6. The van der Waals surface area contributed by atoms with Gasteiger partial charge in [-0.05, 0) is 49.2 Å². The van der Waals surface area contributed by atoms with Gasteiger partial charge in [-0.1, -0.05) is 24.3 Å². The average Bonchev–Trinajstić information content (AvgIpc) is 3.05. The van der Waals surface area contributed by atoms with Gasteiger partial charge in [0.05, 0.1) is 36.2 Å². The van der Waals surface area contributed by atoms with E-state index in [1.54, 1.807) is 13.8 Å². The van der Waals surface area contributed by atoms with Crippen molar-refractivity contribution in [3.8, 4) is 12.0 Å². The summed E-state index contributed by atoms with van der Waals surface area (Å²) in [5.74, 6) is -0.0673. The summed E-state index contributed by atoms with van der Waals surface area (Å²) >= 11 is 0. The van der Waals surface area contributed by atoms with Crippen LogP contribution in [-0.2, 0) is 20.2 Å². The molecule has 4 rings (SSSR count). The number of nitrogens with one attached hydrogen (secondary N) is 4. The molecule has 20 nitrogen and oxygen atoms in total. The summed E-state index contributed by atoms with van der Waals surface area (Å²) in [6, 6.07) is 7.19. The van der Waals surface area contributed by atoms with E-state index in [2.05, 4.69) is 51.2 Å². The Kier molecular flexibility index (Phi) is 18.3. The first-order valence-corrected chi connectivity index (χ1v) is 17.2. The number of aromatic nitrogens is 6. The molecule has 0 radical (unpaired) electrons. The quantitative estimate of drug-likeness (QED) is 0.0351. The molecule has 2 heterocycles. The monoisotopic (exact) mass is 810 g/mol. The number of aliphatic hydroxyl groups excluding tert-OH is 2. The minimum atomic E-state index is -5.09. The van der Waals surface area contributed by atoms with Crippen molar-refractivity contribution in [2.75, 3.05) is 48.6 Å². The first-order chi connectivity index (χ1) is 23.5. The Morgan fingerprint density at radius 1 is 0.654 bits per heavy atom. The predicted molar refractivity (Wildman–Crippen MR) is 177 cm³/mol. The van der Waals surface area contributed by atoms with Gasteiger partial charge in [-0.25, -0.2) is 16.8 Å². The van der Waals surface area contributed by atoms with Gasteiger partial charge in [0.2, 0.25) is 23.8 Å². The summed E-state index contributed by atoms with van der Waals surface area (Å²) in [6.45, 7) is 3.31. The second-order valence-electron chi connectivity index (χ2n) is 10.4. The van der Waals surface area contributed by atoms with Gasteiger partial charge in [0.25, 0.3) is 0 Å². The number of rotatable bonds is 16. The summed E-state index contributed by atoms with van der Waals surface area (Å²) in [4.78, 5) is 23.0. The molecule has 2 unspecified atom stereocenters. The van der Waals surface area contributed by atoms with Crippen LogP contribution in [-0.4, -0.2) is 106 Å². The second kappa shape index (κ2) is 20.6. The maximum Gasteiger partial charge on any atom is 1.00 e. The van der Waals surface area contributed by atoms with Crippen molar-refractivity contribution in [1.29, 1.82) is 0 Å². The van der Waals surface area contributed by atoms with E-state index in [1.165, 1.54) is 38.5 Å². The SMILES string of the molecule is COc1nc(NCC(C)O)nc(Nc2ccc(/C=C/c3ccc(Nc4nc(NCC(C)O)nc(OC)n4)cc3S(=O)(=O)[O-])c(S(=O)(=O)[O-])c2)n1.[K+].[K+]. The van der Waals surface area contributed by atoms with E-state index in [4.69, 9.17) is 9.47 Å². The molecule has 6 N–H and O–H groups in total. The van der Waals surface area contributed by atoms with Crippen LogP contribution < -0.4 is 134 Å². The molecule has 52 heavy (non-hydrogen) atoms. The summed E-state index contributed by atoms with van der Waals surface area (Å²) in [7, 11) is -7.54. The van der Waals surface area contributed by atoms with Gasteiger partial charge < -0.3 is 50.1 Å². The molecule has 0 saturated heterocycles. The number of ether oxygens (including phenoxy) is 2. The fourth-order valence-corrected chi connectivity index (χ4v) is 5.41. The molecule has 2 aromatic carbocycles. The Bertz CT molecular complexity index is 1950. The molecule has 2 atom stereocenters. The summed E-state index contributed by atoms with van der Waals surface area (Å²) in [6.07, 6.45) is 0.882. The number of hydrogen-bond donors (Lipinski definition) is 6. The Morgan fingerprint density at radius 2 is 1.00 bits per heavy atom. The zero-order valence-corrected chi connectivity index (χ0v) is 36.7. The Hall–Kier alpha value is -1.99. The van der Waals surface area contributed by atoms with Gasteiger partial charge in [-0.3, -0.25) is 0 Å². The minimum Gasteiger partial charge on any atom is -0.744 e. The van der Waals surface area contributed by atoms with E-state index in [9.17, 15) is 36.2 Å². The van der Waals surface area contributed by atoms with Gasteiger partial charge in [0.1, 0.15) is 20.2 Å². The smallest absolute Gasteiger partial charge is 0.744 e. The van der Waals surface area contributed by atoms with Crippen molar-refractivity contribution in [2.45, 2.75) is 35.8 Å². The molecule has 0 aliphatic carbocycles. The van der Waals surface area contributed by atoms with Crippen molar-refractivity contribution in [3.63, 3.8) is 0 Å². The largest absolute Gasteiger partial charge is 1.00 e. The van der Waals surface area contributed by atoms with Gasteiger partial charge in [-0.2, -0.15) is 29.9 Å². The van der Waals surface area contributed by atoms with Crippen LogP contribution >= 0.6 is 0 Å². The summed E-state index contributed by atoms with van der Waals surface area (Å²) in [5, 5.41) is 30.2. The van der Waals surface area contributed by atoms with Gasteiger partial charge in [0.15, 0.2) is 0 Å². The van der Waals surface area contributed by atoms with Gasteiger partial charge >= 0.3 is 115 Å². The Balaban J connectivity index is 0.00000468. The van der Waals surface area contributed by atoms with Crippen LogP contribution in [0.1, 0.15) is 25.0 Å². The van der Waals surface area contributed by atoms with Crippen molar-refractivity contribution in [3.05, 3.63) is 47.5 Å². The fraction of sp³-hybridized carbons (Fsp3) is 0.286. The molecule has 0 spiro atoms. The number of methoxy groups -OCH3 is 2. The van der Waals surface area contributed by atoms with Crippen LogP contribution in [0.5, 0.6) is 12.0 Å². The second-order valence-corrected chi connectivity index (χ2v) is 13.1. The van der Waals surface area contributed by atoms with E-state index >= 15 is 0 Å². The molecule has 0 bridgehead atoms. The Labute approximate surface area is 384 Å². The van der Waals surface area contributed by atoms with Crippen molar-refractivity contribution < 1.29 is 148 Å². The maximum absolute atomic E-state index is 12.3. The third-order valence-corrected chi connectivity index (χ3v) is 8.01. The van der Waals surface area contributed by atoms with Crippen molar-refractivity contribution in [1.82, 2.24) is 29.9 Å². The minimum absolute atomic E-state index is 0. The maximum atomic E-state index is 12.3. The van der Waals surface area contributed by atoms with E-state index < -0.39 is 42.2 Å². The van der Waals surface area contributed by atoms with Crippen molar-refractivity contribution >= 4 is 67.6 Å². The van der Waals surface area contributed by atoms with E-state index in [0.29, 0.717) is 0 Å². The third kappa shape index (κ3) is 14.0. The molecule has 0 fully saturated rings. The molecule has 4 aromatic rings. The zero-order valence-electron chi connectivity index (χ0n) is 28.8. The van der Waals surface area contributed by atoms with Crippen LogP contribution in [0.3, 0.4) is 0 Å². The normalized spacial score (nSPS) is 12.5. The molecule has 0 aliphatic heterocycles. The van der Waals surface area contributed by atoms with E-state index in [-0.39, 0.29) is 174 Å². The molecule has 268 valence electrons. The molecule has 2 aromatic heterocycles. The standard InChI is InChI=1S/C28H34N10O10S2.2K/c1-15(39)13-29-23-33-25(37-27(35-23)47-3)31-19-9-7-17(21(11-19)49(41,42)43)5-6-18-8-10-20(12-22(18)50(44,45)46)32-26-34-24(30-14-16(2)40)36-28(38-26)48-4;;/h5-12,15-16,39-40H,13-14H2,1-4H3,(H,41,42,43)(H,44,45,46)(H2,29,31,33,35,37)(H2,30,32,34,36,38);;/q;2*+1/p-2/b6-5+;;. The summed E-state index contributed by atoms with van der Waals surface area (Å²) in [5.41, 5.74) is -0.0689. The molecule has 0 aliphatic rings. The van der Waals surface area contributed by atoms with Crippen LogP contribution in [0, 0.1) is 0 Å². The van der Waals surface area contributed by atoms with Gasteiger partial charge in [0, 0.05) is 24.5 Å². The molecular weight excluding hydrogens is 779 g/mol. The van der Waals surface area contributed by atoms with Crippen molar-refractivity contribution in [2.24, 2.45) is 0 Å². The number of benzene rings is 2. The van der Waals surface area contributed by atoms with Gasteiger partial charge in [-0.15, -0.1) is 0 Å². The van der Waals surface area contributed by atoms with Crippen LogP contribution in [0.15, 0.2) is 46.2 Å². The topological polar surface area (TPSA) is 299 Å². The Morgan fingerprint density at radius 3 is 1.31 bits per heavy atom. The summed E-state index contributed by atoms with van der Waals surface area (Å²) < 4.78 is 83.6. The molecule has 24 heteroatoms. The number of anilines is 6. The first-order valence-electron chi connectivity index (χ1n) is 14.4. The molecular formula is C28H32K2N10O10S2. The number of aliphatic hydroxyl groups is 2. The van der Waals surface area contributed by atoms with E-state index in [0.717, 1.165) is 24.3 Å². The third-order valence-electron chi connectivity index (χ3n) is 6.23. The first kappa shape index (κ1) is 46.2. The van der Waals surface area contributed by atoms with Crippen LogP contribution in [0.4, 0.5) is 35.2 Å². The van der Waals surface area contributed by atoms with E-state index in [1.807, 2.05) is 0 Å². The molecule has 0 amide bonds. The average molecular weight is 811 g/mol. The fourth-order valence-electron chi connectivity index (χ4n) is 4.01.